The van der Waals surface area contributed by atoms with Crippen LogP contribution in [-0.4, -0.2) is 16.1 Å². The first-order chi connectivity index (χ1) is 16.0. The normalized spacial score (nSPS) is 13.5. The molecule has 0 saturated carbocycles. The molecule has 2 heterocycles. The van der Waals surface area contributed by atoms with Gasteiger partial charge >= 0.3 is 12.1 Å². The van der Waals surface area contributed by atoms with Crippen molar-refractivity contribution in [1.29, 1.82) is 0 Å². The number of fused-ring (bicyclic) bond motifs is 1. The average Bonchev–Trinajstić information content (AvgIpc) is 3.12. The number of benzene rings is 2. The van der Waals surface area contributed by atoms with Crippen LogP contribution in [0, 0.1) is 19.7 Å². The first-order valence-electron chi connectivity index (χ1n) is 10.2. The average molecular weight is 526 g/mol. The highest BCUT2D eigenvalue weighted by Crippen LogP contribution is 2.42. The standard InChI is InChI=1S/C24H19F4NO2S3/c1-12-16-5-4-15(10-22(30)31)33-20(16)8-7-19(12)32-11-21-13(2)29-23(34-21)14-3-6-17(18(25)9-14)24(26,27)28/h3-4,6-9H,5,10-11H2,1-2H3,(H,30,31). The topological polar surface area (TPSA) is 50.2 Å². The minimum Gasteiger partial charge on any atom is -0.481 e. The summed E-state index contributed by atoms with van der Waals surface area (Å²) >= 11 is 4.48. The number of allylic oxidation sites excluding steroid dienone is 1. The van der Waals surface area contributed by atoms with Gasteiger partial charge in [0.1, 0.15) is 10.8 Å². The van der Waals surface area contributed by atoms with Crippen molar-refractivity contribution in [2.45, 2.75) is 48.4 Å². The summed E-state index contributed by atoms with van der Waals surface area (Å²) in [6, 6.07) is 6.92. The van der Waals surface area contributed by atoms with Crippen molar-refractivity contribution in [3.05, 3.63) is 74.4 Å². The molecule has 0 radical (unpaired) electrons. The van der Waals surface area contributed by atoms with E-state index in [0.29, 0.717) is 22.7 Å². The summed E-state index contributed by atoms with van der Waals surface area (Å²) in [7, 11) is 0. The maximum absolute atomic E-state index is 14.0. The lowest BCUT2D eigenvalue weighted by atomic mass is 10.0. The van der Waals surface area contributed by atoms with E-state index in [1.807, 2.05) is 32.1 Å². The van der Waals surface area contributed by atoms with E-state index in [4.69, 9.17) is 5.11 Å². The van der Waals surface area contributed by atoms with E-state index in [-0.39, 0.29) is 6.42 Å². The summed E-state index contributed by atoms with van der Waals surface area (Å²) < 4.78 is 52.5. The zero-order valence-electron chi connectivity index (χ0n) is 18.1. The molecule has 1 aromatic heterocycles. The van der Waals surface area contributed by atoms with Crippen molar-refractivity contribution >= 4 is 40.8 Å². The highest BCUT2D eigenvalue weighted by atomic mass is 32.2. The maximum atomic E-state index is 14.0. The van der Waals surface area contributed by atoms with E-state index in [1.54, 1.807) is 11.8 Å². The number of aromatic nitrogens is 1. The molecule has 0 atom stereocenters. The number of aryl methyl sites for hydroxylation is 1. The minimum atomic E-state index is -4.73. The first-order valence-corrected chi connectivity index (χ1v) is 12.8. The van der Waals surface area contributed by atoms with Gasteiger partial charge in [0.25, 0.3) is 0 Å². The van der Waals surface area contributed by atoms with Crippen LogP contribution in [0.5, 0.6) is 0 Å². The van der Waals surface area contributed by atoms with Crippen molar-refractivity contribution < 1.29 is 27.5 Å². The van der Waals surface area contributed by atoms with Crippen LogP contribution in [0.3, 0.4) is 0 Å². The lowest BCUT2D eigenvalue weighted by Gasteiger charge is -2.19. The summed E-state index contributed by atoms with van der Waals surface area (Å²) in [6.07, 6.45) is -2.06. The maximum Gasteiger partial charge on any atom is 0.419 e. The Bertz CT molecular complexity index is 1300. The molecule has 0 bridgehead atoms. The summed E-state index contributed by atoms with van der Waals surface area (Å²) in [5.41, 5.74) is 2.13. The summed E-state index contributed by atoms with van der Waals surface area (Å²) in [5, 5.41) is 9.50. The lowest BCUT2D eigenvalue weighted by molar-refractivity contribution is -0.140. The zero-order valence-corrected chi connectivity index (χ0v) is 20.6. The number of alkyl halides is 3. The van der Waals surface area contributed by atoms with Crippen molar-refractivity contribution in [2.75, 3.05) is 0 Å². The Kier molecular flexibility index (Phi) is 7.12. The third-order valence-electron chi connectivity index (χ3n) is 5.38. The molecule has 1 aliphatic rings. The molecular weight excluding hydrogens is 506 g/mol. The first kappa shape index (κ1) is 24.8. The zero-order chi connectivity index (χ0) is 24.6. The van der Waals surface area contributed by atoms with E-state index in [2.05, 4.69) is 4.98 Å². The molecule has 1 aliphatic heterocycles. The Balaban J connectivity index is 1.49. The van der Waals surface area contributed by atoms with E-state index < -0.39 is 23.5 Å². The molecular formula is C24H19F4NO2S3. The van der Waals surface area contributed by atoms with Crippen molar-refractivity contribution in [3.8, 4) is 10.6 Å². The number of carbonyl (C=O) groups is 1. The second kappa shape index (κ2) is 9.75. The van der Waals surface area contributed by atoms with E-state index in [1.165, 1.54) is 34.7 Å². The monoisotopic (exact) mass is 525 g/mol. The van der Waals surface area contributed by atoms with Gasteiger partial charge in [-0.25, -0.2) is 9.37 Å². The molecule has 4 rings (SSSR count). The molecule has 0 fully saturated rings. The van der Waals surface area contributed by atoms with Gasteiger partial charge in [-0.2, -0.15) is 13.2 Å². The number of halogens is 4. The number of hydrogen-bond acceptors (Lipinski definition) is 5. The van der Waals surface area contributed by atoms with E-state index >= 15 is 0 Å². The molecule has 178 valence electrons. The molecule has 3 nitrogen and oxygen atoms in total. The van der Waals surface area contributed by atoms with Gasteiger partial charge in [-0.1, -0.05) is 23.9 Å². The van der Waals surface area contributed by atoms with E-state index in [9.17, 15) is 22.4 Å². The number of thiazole rings is 1. The molecule has 10 heteroatoms. The van der Waals surface area contributed by atoms with Crippen LogP contribution in [0.15, 0.2) is 51.1 Å². The lowest BCUT2D eigenvalue weighted by Crippen LogP contribution is -2.07. The van der Waals surface area contributed by atoms with Crippen LogP contribution in [0.25, 0.3) is 10.6 Å². The van der Waals surface area contributed by atoms with Crippen molar-refractivity contribution in [2.24, 2.45) is 0 Å². The summed E-state index contributed by atoms with van der Waals surface area (Å²) in [6.45, 7) is 3.88. The van der Waals surface area contributed by atoms with Gasteiger partial charge in [-0.3, -0.25) is 4.79 Å². The van der Waals surface area contributed by atoms with Gasteiger partial charge in [0.05, 0.1) is 17.7 Å². The van der Waals surface area contributed by atoms with Crippen LogP contribution in [0.2, 0.25) is 0 Å². The molecule has 0 amide bonds. The van der Waals surface area contributed by atoms with Crippen molar-refractivity contribution in [1.82, 2.24) is 4.98 Å². The van der Waals surface area contributed by atoms with Gasteiger partial charge in [0, 0.05) is 26.0 Å². The molecule has 3 aromatic rings. The van der Waals surface area contributed by atoms with Gasteiger partial charge < -0.3 is 5.11 Å². The van der Waals surface area contributed by atoms with Crippen LogP contribution >= 0.6 is 34.9 Å². The van der Waals surface area contributed by atoms with Gasteiger partial charge in [-0.15, -0.1) is 23.1 Å². The number of thioether (sulfide) groups is 2. The molecule has 2 aromatic carbocycles. The Morgan fingerprint density at radius 1 is 1.21 bits per heavy atom. The smallest absolute Gasteiger partial charge is 0.419 e. The van der Waals surface area contributed by atoms with Crippen molar-refractivity contribution in [3.63, 3.8) is 0 Å². The van der Waals surface area contributed by atoms with Gasteiger partial charge in [0.15, 0.2) is 0 Å². The fourth-order valence-corrected chi connectivity index (χ4v) is 6.99. The number of hydrogen-bond donors (Lipinski definition) is 1. The second-order valence-electron chi connectivity index (χ2n) is 7.72. The number of nitrogens with zero attached hydrogens (tertiary/aromatic N) is 1. The van der Waals surface area contributed by atoms with Crippen LogP contribution in [0.1, 0.15) is 33.7 Å². The van der Waals surface area contributed by atoms with Gasteiger partial charge in [0.2, 0.25) is 0 Å². The minimum absolute atomic E-state index is 0.0233. The number of aliphatic carboxylic acids is 1. The largest absolute Gasteiger partial charge is 0.481 e. The number of rotatable bonds is 6. The Morgan fingerprint density at radius 3 is 2.65 bits per heavy atom. The molecule has 0 saturated heterocycles. The predicted octanol–water partition coefficient (Wildman–Crippen LogP) is 7.88. The molecule has 0 aliphatic carbocycles. The summed E-state index contributed by atoms with van der Waals surface area (Å²) in [5.74, 6) is -1.53. The number of carboxylic acids is 1. The molecule has 0 unspecified atom stereocenters. The molecule has 34 heavy (non-hydrogen) atoms. The Morgan fingerprint density at radius 2 is 1.97 bits per heavy atom. The Labute approximate surface area is 206 Å². The van der Waals surface area contributed by atoms with Crippen LogP contribution < -0.4 is 0 Å². The van der Waals surface area contributed by atoms with Crippen LogP contribution in [0.4, 0.5) is 17.6 Å². The SMILES string of the molecule is Cc1nc(-c2ccc(C(F)(F)F)c(F)c2)sc1CSc1ccc2c(c1C)CC=C(CC(=O)O)S2. The third kappa shape index (κ3) is 5.34. The molecule has 1 N–H and O–H groups in total. The highest BCUT2D eigenvalue weighted by Gasteiger charge is 2.34. The number of carboxylic acid groups (broad SMARTS) is 1. The second-order valence-corrected chi connectivity index (χ2v) is 11.0. The summed E-state index contributed by atoms with van der Waals surface area (Å²) in [4.78, 5) is 19.4. The van der Waals surface area contributed by atoms with Gasteiger partial charge in [-0.05, 0) is 60.6 Å². The molecule has 0 spiro atoms. The highest BCUT2D eigenvalue weighted by molar-refractivity contribution is 8.03. The third-order valence-corrected chi connectivity index (χ3v) is 9.13. The predicted molar refractivity (Wildman–Crippen MR) is 128 cm³/mol. The Hall–Kier alpha value is -2.30. The van der Waals surface area contributed by atoms with E-state index in [0.717, 1.165) is 43.0 Å². The fraction of sp³-hybridized carbons (Fsp3) is 0.250. The fourth-order valence-electron chi connectivity index (χ4n) is 3.58. The van der Waals surface area contributed by atoms with Crippen LogP contribution in [-0.2, 0) is 23.1 Å². The quantitative estimate of drug-likeness (QED) is 0.262.